The lowest BCUT2D eigenvalue weighted by atomic mass is 10.1. The third-order valence-corrected chi connectivity index (χ3v) is 5.27. The molecule has 0 fully saturated rings. The first-order valence-electron chi connectivity index (χ1n) is 9.87. The maximum atomic E-state index is 5.78. The van der Waals surface area contributed by atoms with Crippen molar-refractivity contribution < 1.29 is 9.47 Å². The van der Waals surface area contributed by atoms with Gasteiger partial charge in [-0.3, -0.25) is 0 Å². The summed E-state index contributed by atoms with van der Waals surface area (Å²) in [5, 5.41) is 16.3. The predicted molar refractivity (Wildman–Crippen MR) is 120 cm³/mol. The van der Waals surface area contributed by atoms with Crippen LogP contribution < -0.4 is 14.8 Å². The Labute approximate surface area is 181 Å². The van der Waals surface area contributed by atoms with E-state index < -0.39 is 0 Å². The van der Waals surface area contributed by atoms with Crippen molar-refractivity contribution in [3.8, 4) is 17.2 Å². The van der Waals surface area contributed by atoms with Crippen LogP contribution in [0.4, 0.5) is 0 Å². The van der Waals surface area contributed by atoms with Crippen molar-refractivity contribution in [1.29, 1.82) is 0 Å². The Bertz CT molecular complexity index is 946. The first-order valence-corrected chi connectivity index (χ1v) is 10.9. The molecule has 0 saturated heterocycles. The van der Waals surface area contributed by atoms with Gasteiger partial charge in [0.2, 0.25) is 5.16 Å². The number of benzene rings is 2. The minimum Gasteiger partial charge on any atom is -0.493 e. The number of hydrogen-bond donors (Lipinski definition) is 1. The van der Waals surface area contributed by atoms with Crippen LogP contribution in [0.5, 0.6) is 11.5 Å². The lowest BCUT2D eigenvalue weighted by Crippen LogP contribution is -2.17. The highest BCUT2D eigenvalue weighted by molar-refractivity contribution is 7.99. The van der Waals surface area contributed by atoms with Crippen LogP contribution >= 0.6 is 11.8 Å². The van der Waals surface area contributed by atoms with Gasteiger partial charge in [-0.15, -0.1) is 11.7 Å². The van der Waals surface area contributed by atoms with Gasteiger partial charge in [-0.1, -0.05) is 42.1 Å². The first kappa shape index (κ1) is 21.9. The molecule has 0 saturated carbocycles. The predicted octanol–water partition coefficient (Wildman–Crippen LogP) is 3.68. The number of nitrogens with one attached hydrogen (secondary N) is 1. The molecule has 0 aliphatic carbocycles. The van der Waals surface area contributed by atoms with Gasteiger partial charge in [0, 0.05) is 24.4 Å². The fraction of sp³-hybridized carbons (Fsp3) is 0.318. The van der Waals surface area contributed by atoms with Gasteiger partial charge in [0.15, 0.2) is 11.5 Å². The largest absolute Gasteiger partial charge is 0.493 e. The quantitative estimate of drug-likeness (QED) is 0.270. The molecule has 2 aromatic carbocycles. The molecule has 0 amide bonds. The monoisotopic (exact) mass is 425 g/mol. The summed E-state index contributed by atoms with van der Waals surface area (Å²) in [5.74, 6) is 2.40. The summed E-state index contributed by atoms with van der Waals surface area (Å²) in [6.45, 7) is 7.97. The van der Waals surface area contributed by atoms with E-state index in [0.717, 1.165) is 58.7 Å². The molecule has 1 N–H and O–H groups in total. The zero-order valence-corrected chi connectivity index (χ0v) is 18.2. The van der Waals surface area contributed by atoms with Crippen molar-refractivity contribution in [2.75, 3.05) is 26.0 Å². The number of thioether (sulfide) groups is 1. The fourth-order valence-corrected chi connectivity index (χ4v) is 3.83. The van der Waals surface area contributed by atoms with Crippen molar-refractivity contribution in [1.82, 2.24) is 25.5 Å². The molecule has 0 unspecified atom stereocenters. The summed E-state index contributed by atoms with van der Waals surface area (Å²) < 4.78 is 13.1. The van der Waals surface area contributed by atoms with Crippen LogP contribution in [0.25, 0.3) is 5.69 Å². The minimum atomic E-state index is 0.595. The lowest BCUT2D eigenvalue weighted by molar-refractivity contribution is 0.308. The second-order valence-corrected chi connectivity index (χ2v) is 7.51. The highest BCUT2D eigenvalue weighted by Gasteiger charge is 2.12. The van der Waals surface area contributed by atoms with E-state index in [-0.39, 0.29) is 0 Å². The Morgan fingerprint density at radius 1 is 1.23 bits per heavy atom. The molecule has 0 bridgehead atoms. The van der Waals surface area contributed by atoms with Gasteiger partial charge in [0.1, 0.15) is 0 Å². The summed E-state index contributed by atoms with van der Waals surface area (Å²) >= 11 is 1.62. The second-order valence-electron chi connectivity index (χ2n) is 6.45. The Morgan fingerprint density at radius 2 is 2.07 bits per heavy atom. The zero-order valence-electron chi connectivity index (χ0n) is 17.4. The van der Waals surface area contributed by atoms with E-state index in [0.29, 0.717) is 6.61 Å². The van der Waals surface area contributed by atoms with Gasteiger partial charge < -0.3 is 14.8 Å². The van der Waals surface area contributed by atoms with Crippen LogP contribution in [0.15, 0.2) is 60.3 Å². The van der Waals surface area contributed by atoms with Crippen LogP contribution in [0.2, 0.25) is 0 Å². The molecular weight excluding hydrogens is 398 g/mol. The molecule has 7 nitrogen and oxygen atoms in total. The normalized spacial score (nSPS) is 10.7. The van der Waals surface area contributed by atoms with Gasteiger partial charge in [0.25, 0.3) is 0 Å². The molecule has 0 radical (unpaired) electrons. The SMILES string of the molecule is C=CCc1cc(CNCCSc2nnnn2-c2ccccc2)cc(OC)c1OCC. The Kier molecular flexibility index (Phi) is 8.29. The third kappa shape index (κ3) is 5.61. The summed E-state index contributed by atoms with van der Waals surface area (Å²) in [4.78, 5) is 0. The third-order valence-electron chi connectivity index (χ3n) is 4.35. The topological polar surface area (TPSA) is 74.1 Å². The number of aromatic nitrogens is 4. The molecule has 8 heteroatoms. The minimum absolute atomic E-state index is 0.595. The van der Waals surface area contributed by atoms with Crippen molar-refractivity contribution in [3.05, 3.63) is 66.2 Å². The van der Waals surface area contributed by atoms with Crippen LogP contribution in [-0.4, -0.2) is 46.2 Å². The van der Waals surface area contributed by atoms with E-state index in [1.165, 1.54) is 0 Å². The van der Waals surface area contributed by atoms with Gasteiger partial charge >= 0.3 is 0 Å². The number of ether oxygens (including phenoxy) is 2. The van der Waals surface area contributed by atoms with Gasteiger partial charge in [-0.25, -0.2) is 0 Å². The molecule has 158 valence electrons. The van der Waals surface area contributed by atoms with Crippen molar-refractivity contribution >= 4 is 11.8 Å². The zero-order chi connectivity index (χ0) is 21.2. The van der Waals surface area contributed by atoms with Gasteiger partial charge in [-0.2, -0.15) is 4.68 Å². The fourth-order valence-electron chi connectivity index (χ4n) is 3.04. The summed E-state index contributed by atoms with van der Waals surface area (Å²) in [6, 6.07) is 14.1. The molecule has 0 aliphatic heterocycles. The van der Waals surface area contributed by atoms with E-state index in [1.54, 1.807) is 23.6 Å². The molecule has 0 atom stereocenters. The maximum Gasteiger partial charge on any atom is 0.214 e. The lowest BCUT2D eigenvalue weighted by Gasteiger charge is -2.16. The molecule has 1 aromatic heterocycles. The van der Waals surface area contributed by atoms with Crippen LogP contribution in [-0.2, 0) is 13.0 Å². The van der Waals surface area contributed by atoms with E-state index in [9.17, 15) is 0 Å². The van der Waals surface area contributed by atoms with E-state index in [2.05, 4.69) is 33.5 Å². The number of hydrogen-bond acceptors (Lipinski definition) is 7. The van der Waals surface area contributed by atoms with Crippen molar-refractivity contribution in [2.24, 2.45) is 0 Å². The number of rotatable bonds is 12. The van der Waals surface area contributed by atoms with Crippen LogP contribution in [0, 0.1) is 0 Å². The molecule has 3 aromatic rings. The van der Waals surface area contributed by atoms with Gasteiger partial charge in [0.05, 0.1) is 19.4 Å². The van der Waals surface area contributed by atoms with E-state index in [4.69, 9.17) is 9.47 Å². The summed E-state index contributed by atoms with van der Waals surface area (Å²) in [6.07, 6.45) is 2.61. The van der Waals surface area contributed by atoms with E-state index >= 15 is 0 Å². The smallest absolute Gasteiger partial charge is 0.214 e. The number of para-hydroxylation sites is 1. The number of nitrogens with zero attached hydrogens (tertiary/aromatic N) is 4. The number of tetrazole rings is 1. The average Bonchev–Trinajstić information content (AvgIpc) is 3.24. The van der Waals surface area contributed by atoms with Crippen molar-refractivity contribution in [2.45, 2.75) is 25.0 Å². The van der Waals surface area contributed by atoms with E-state index in [1.807, 2.05) is 49.4 Å². The van der Waals surface area contributed by atoms with Crippen LogP contribution in [0.1, 0.15) is 18.1 Å². The molecule has 30 heavy (non-hydrogen) atoms. The highest BCUT2D eigenvalue weighted by atomic mass is 32.2. The molecular formula is C22H27N5O2S. The van der Waals surface area contributed by atoms with Crippen molar-refractivity contribution in [3.63, 3.8) is 0 Å². The standard InChI is InChI=1S/C22H27N5O2S/c1-4-9-18-14-17(15-20(28-3)21(18)29-5-2)16-23-12-13-30-22-24-25-26-27(22)19-10-7-6-8-11-19/h4,6-8,10-11,14-15,23H,1,5,9,12-13,16H2,2-3H3. The molecule has 3 rings (SSSR count). The Hall–Kier alpha value is -2.84. The van der Waals surface area contributed by atoms with Gasteiger partial charge in [-0.05, 0) is 47.5 Å². The number of methoxy groups -OCH3 is 1. The number of allylic oxidation sites excluding steroid dienone is 1. The van der Waals surface area contributed by atoms with Crippen LogP contribution in [0.3, 0.4) is 0 Å². The second kappa shape index (κ2) is 11.4. The molecule has 1 heterocycles. The first-order chi connectivity index (χ1) is 14.8. The average molecular weight is 426 g/mol. The molecule has 0 aliphatic rings. The highest BCUT2D eigenvalue weighted by Crippen LogP contribution is 2.33. The Morgan fingerprint density at radius 3 is 2.80 bits per heavy atom. The molecule has 0 spiro atoms. The summed E-state index contributed by atoms with van der Waals surface area (Å²) in [7, 11) is 1.67. The maximum absolute atomic E-state index is 5.78. The summed E-state index contributed by atoms with van der Waals surface area (Å²) in [5.41, 5.74) is 3.18. The Balaban J connectivity index is 1.55.